The lowest BCUT2D eigenvalue weighted by Crippen LogP contribution is -2.44. The maximum Gasteiger partial charge on any atom is 0.220 e. The van der Waals surface area contributed by atoms with Gasteiger partial charge < -0.3 is 10.1 Å². The summed E-state index contributed by atoms with van der Waals surface area (Å²) in [6, 6.07) is 7.61. The number of ether oxygens (including phenoxy) is 1. The number of piperidine rings is 1. The summed E-state index contributed by atoms with van der Waals surface area (Å²) in [4.78, 5) is 12.3. The van der Waals surface area contributed by atoms with Crippen molar-refractivity contribution in [2.45, 2.75) is 32.7 Å². The summed E-state index contributed by atoms with van der Waals surface area (Å²) in [6.45, 7) is 3.50. The lowest BCUT2D eigenvalue weighted by Gasteiger charge is -2.36. The van der Waals surface area contributed by atoms with E-state index < -0.39 is 10.0 Å². The highest BCUT2D eigenvalue weighted by Gasteiger charge is 2.33. The van der Waals surface area contributed by atoms with Crippen LogP contribution in [0.25, 0.3) is 0 Å². The van der Waals surface area contributed by atoms with E-state index in [2.05, 4.69) is 12.2 Å². The molecule has 0 bridgehead atoms. The number of benzene rings is 1. The molecule has 1 fully saturated rings. The molecule has 1 amide bonds. The lowest BCUT2D eigenvalue weighted by molar-refractivity contribution is -0.122. The van der Waals surface area contributed by atoms with Gasteiger partial charge in [-0.05, 0) is 24.3 Å². The van der Waals surface area contributed by atoms with Crippen LogP contribution in [0.3, 0.4) is 0 Å². The third-order valence-electron chi connectivity index (χ3n) is 4.96. The number of sulfonamides is 1. The predicted octanol–water partition coefficient (Wildman–Crippen LogP) is 2.01. The molecule has 140 valence electrons. The summed E-state index contributed by atoms with van der Waals surface area (Å²) in [5.41, 5.74) is 0.942. The fourth-order valence-corrected chi connectivity index (χ4v) is 4.33. The molecule has 1 aromatic carbocycles. The Morgan fingerprint density at radius 2 is 2.04 bits per heavy atom. The molecule has 0 aromatic heterocycles. The quantitative estimate of drug-likeness (QED) is 0.799. The van der Waals surface area contributed by atoms with E-state index in [1.54, 1.807) is 7.11 Å². The summed E-state index contributed by atoms with van der Waals surface area (Å²) in [6.07, 6.45) is 3.29. The third kappa shape index (κ3) is 5.44. The first-order valence-corrected chi connectivity index (χ1v) is 10.5. The molecule has 1 N–H and O–H groups in total. The van der Waals surface area contributed by atoms with Crippen LogP contribution >= 0.6 is 0 Å². The van der Waals surface area contributed by atoms with Gasteiger partial charge in [0.25, 0.3) is 0 Å². The molecule has 0 radical (unpaired) electrons. The smallest absolute Gasteiger partial charge is 0.220 e. The standard InChI is InChI=1S/C18H28N2O4S/c1-4-14-13-20(25(3,22)23)10-9-15(14)11-18(21)19-12-16-7-5-6-8-17(16)24-2/h5-8,14-15H,4,9-13H2,1-3H3,(H,19,21)/t14-,15+/m1/s1. The van der Waals surface area contributed by atoms with Gasteiger partial charge in [0.05, 0.1) is 13.4 Å². The second kappa shape index (κ2) is 8.67. The Bertz CT molecular complexity index is 690. The van der Waals surface area contributed by atoms with Crippen LogP contribution in [0.2, 0.25) is 0 Å². The van der Waals surface area contributed by atoms with Crippen molar-refractivity contribution >= 4 is 15.9 Å². The number of hydrogen-bond acceptors (Lipinski definition) is 4. The van der Waals surface area contributed by atoms with Crippen molar-refractivity contribution in [2.75, 3.05) is 26.5 Å². The highest BCUT2D eigenvalue weighted by Crippen LogP contribution is 2.30. The van der Waals surface area contributed by atoms with Gasteiger partial charge >= 0.3 is 0 Å². The highest BCUT2D eigenvalue weighted by molar-refractivity contribution is 7.88. The van der Waals surface area contributed by atoms with Crippen LogP contribution in [-0.2, 0) is 21.4 Å². The topological polar surface area (TPSA) is 75.7 Å². The van der Waals surface area contributed by atoms with Gasteiger partial charge in [-0.3, -0.25) is 4.79 Å². The summed E-state index contributed by atoms with van der Waals surface area (Å²) >= 11 is 0. The van der Waals surface area contributed by atoms with Crippen LogP contribution in [0.4, 0.5) is 0 Å². The first-order chi connectivity index (χ1) is 11.8. The number of rotatable bonds is 7. The molecule has 1 aromatic rings. The van der Waals surface area contributed by atoms with E-state index in [0.29, 0.717) is 26.1 Å². The van der Waals surface area contributed by atoms with Crippen LogP contribution in [0.5, 0.6) is 5.75 Å². The van der Waals surface area contributed by atoms with E-state index in [-0.39, 0.29) is 17.7 Å². The van der Waals surface area contributed by atoms with Crippen molar-refractivity contribution in [1.29, 1.82) is 0 Å². The number of hydrogen-bond donors (Lipinski definition) is 1. The van der Waals surface area contributed by atoms with Gasteiger partial charge in [-0.25, -0.2) is 12.7 Å². The monoisotopic (exact) mass is 368 g/mol. The Hall–Kier alpha value is -1.60. The fraction of sp³-hybridized carbons (Fsp3) is 0.611. The minimum Gasteiger partial charge on any atom is -0.496 e. The van der Waals surface area contributed by atoms with Crippen molar-refractivity contribution in [2.24, 2.45) is 11.8 Å². The minimum atomic E-state index is -3.16. The normalized spacial score (nSPS) is 21.7. The van der Waals surface area contributed by atoms with E-state index in [1.165, 1.54) is 10.6 Å². The highest BCUT2D eigenvalue weighted by atomic mass is 32.2. The molecular weight excluding hydrogens is 340 g/mol. The van der Waals surface area contributed by atoms with Gasteiger partial charge in [-0.2, -0.15) is 0 Å². The molecule has 0 spiro atoms. The van der Waals surface area contributed by atoms with Gasteiger partial charge in [0.1, 0.15) is 5.75 Å². The Morgan fingerprint density at radius 3 is 2.68 bits per heavy atom. The number of nitrogens with one attached hydrogen (secondary N) is 1. The fourth-order valence-electron chi connectivity index (χ4n) is 3.43. The molecule has 1 saturated heterocycles. The number of carbonyl (C=O) groups is 1. The Kier molecular flexibility index (Phi) is 6.84. The first-order valence-electron chi connectivity index (χ1n) is 8.68. The molecule has 25 heavy (non-hydrogen) atoms. The summed E-state index contributed by atoms with van der Waals surface area (Å²) in [7, 11) is -1.54. The zero-order valence-electron chi connectivity index (χ0n) is 15.2. The number of nitrogens with zero attached hydrogens (tertiary/aromatic N) is 1. The summed E-state index contributed by atoms with van der Waals surface area (Å²) in [5, 5.41) is 2.96. The minimum absolute atomic E-state index is 0.00200. The molecule has 2 rings (SSSR count). The second-order valence-electron chi connectivity index (χ2n) is 6.63. The predicted molar refractivity (Wildman–Crippen MR) is 97.8 cm³/mol. The van der Waals surface area contributed by atoms with Crippen molar-refractivity contribution in [1.82, 2.24) is 9.62 Å². The molecule has 1 aliphatic rings. The molecule has 0 saturated carbocycles. The zero-order chi connectivity index (χ0) is 18.4. The molecular formula is C18H28N2O4S. The molecule has 1 aliphatic heterocycles. The average Bonchev–Trinajstić information content (AvgIpc) is 2.59. The van der Waals surface area contributed by atoms with Crippen LogP contribution in [0, 0.1) is 11.8 Å². The Balaban J connectivity index is 1.89. The van der Waals surface area contributed by atoms with Gasteiger partial charge in [0, 0.05) is 31.6 Å². The van der Waals surface area contributed by atoms with Crippen molar-refractivity contribution < 1.29 is 17.9 Å². The van der Waals surface area contributed by atoms with Gasteiger partial charge in [-0.15, -0.1) is 0 Å². The Morgan fingerprint density at radius 1 is 1.32 bits per heavy atom. The maximum absolute atomic E-state index is 12.3. The zero-order valence-corrected chi connectivity index (χ0v) is 16.0. The molecule has 7 heteroatoms. The SMILES string of the molecule is CC[C@@H]1CN(S(C)(=O)=O)CC[C@H]1CC(=O)NCc1ccccc1OC. The van der Waals surface area contributed by atoms with Gasteiger partial charge in [0.2, 0.25) is 15.9 Å². The van der Waals surface area contributed by atoms with E-state index in [1.807, 2.05) is 24.3 Å². The summed E-state index contributed by atoms with van der Waals surface area (Å²) < 4.78 is 30.3. The van der Waals surface area contributed by atoms with Crippen molar-refractivity contribution in [3.8, 4) is 5.75 Å². The first kappa shape index (κ1) is 19.7. The third-order valence-corrected chi connectivity index (χ3v) is 6.23. The van der Waals surface area contributed by atoms with E-state index in [0.717, 1.165) is 24.2 Å². The van der Waals surface area contributed by atoms with Crippen molar-refractivity contribution in [3.05, 3.63) is 29.8 Å². The average molecular weight is 368 g/mol. The van der Waals surface area contributed by atoms with Crippen LogP contribution < -0.4 is 10.1 Å². The largest absolute Gasteiger partial charge is 0.496 e. The molecule has 6 nitrogen and oxygen atoms in total. The molecule has 2 atom stereocenters. The van der Waals surface area contributed by atoms with Gasteiger partial charge in [-0.1, -0.05) is 31.5 Å². The van der Waals surface area contributed by atoms with Crippen molar-refractivity contribution in [3.63, 3.8) is 0 Å². The van der Waals surface area contributed by atoms with Crippen LogP contribution in [0.1, 0.15) is 31.7 Å². The van der Waals surface area contributed by atoms with Crippen LogP contribution in [0.15, 0.2) is 24.3 Å². The number of amides is 1. The van der Waals surface area contributed by atoms with Gasteiger partial charge in [0.15, 0.2) is 0 Å². The van der Waals surface area contributed by atoms with E-state index in [9.17, 15) is 13.2 Å². The lowest BCUT2D eigenvalue weighted by atomic mass is 9.82. The molecule has 1 heterocycles. The van der Waals surface area contributed by atoms with E-state index in [4.69, 9.17) is 4.74 Å². The number of carbonyl (C=O) groups excluding carboxylic acids is 1. The number of methoxy groups -OCH3 is 1. The van der Waals surface area contributed by atoms with Crippen LogP contribution in [-0.4, -0.2) is 45.1 Å². The molecule has 0 aliphatic carbocycles. The summed E-state index contributed by atoms with van der Waals surface area (Å²) in [5.74, 6) is 1.21. The Labute approximate surface area is 150 Å². The number of para-hydroxylation sites is 1. The molecule has 0 unspecified atom stereocenters. The van der Waals surface area contributed by atoms with E-state index >= 15 is 0 Å². The second-order valence-corrected chi connectivity index (χ2v) is 8.61. The maximum atomic E-state index is 12.3.